The maximum Gasteiger partial charge on any atom is 0.472 e. The number of carbonyl (C=O) groups excluding carboxylic acids is 2. The summed E-state index contributed by atoms with van der Waals surface area (Å²) in [5.41, 5.74) is 0. The molecule has 0 aromatic heterocycles. The third-order valence-corrected chi connectivity index (χ3v) is 15.3. The van der Waals surface area contributed by atoms with E-state index in [2.05, 4.69) is 154 Å². The minimum absolute atomic E-state index is 0.0210. The number of esters is 1. The van der Waals surface area contributed by atoms with Crippen molar-refractivity contribution < 1.29 is 37.3 Å². The highest BCUT2D eigenvalue weighted by Crippen LogP contribution is 2.43. The maximum atomic E-state index is 13.6. The van der Waals surface area contributed by atoms with Crippen LogP contribution in [0.1, 0.15) is 265 Å². The molecule has 0 aliphatic rings. The smallest absolute Gasteiger partial charge is 0.456 e. The molecule has 1 amide bonds. The van der Waals surface area contributed by atoms with E-state index in [1.54, 1.807) is 0 Å². The number of likely N-dealkylation sites (N-methyl/N-ethyl adjacent to an activating group) is 1. The second-order valence-corrected chi connectivity index (χ2v) is 25.0. The number of unbranched alkanes of at least 4 members (excludes halogenated alkanes) is 22. The molecule has 0 bridgehead atoms. The summed E-state index contributed by atoms with van der Waals surface area (Å²) >= 11 is 0. The largest absolute Gasteiger partial charge is 0.472 e. The number of ether oxygens (including phenoxy) is 1. The summed E-state index contributed by atoms with van der Waals surface area (Å²) in [6.07, 6.45) is 91.6. The number of amides is 1. The molecule has 0 heterocycles. The van der Waals surface area contributed by atoms with E-state index < -0.39 is 25.9 Å². The lowest BCUT2D eigenvalue weighted by atomic mass is 10.0. The Kier molecular flexibility index (Phi) is 59.9. The molecule has 0 aliphatic heterocycles. The van der Waals surface area contributed by atoms with Crippen molar-refractivity contribution in [2.75, 3.05) is 40.9 Å². The van der Waals surface area contributed by atoms with Gasteiger partial charge in [0.25, 0.3) is 0 Å². The van der Waals surface area contributed by atoms with Crippen molar-refractivity contribution in [3.63, 3.8) is 0 Å². The predicted molar refractivity (Wildman–Crippen MR) is 369 cm³/mol. The number of nitrogens with zero attached hydrogens (tertiary/aromatic N) is 1. The normalized spacial score (nSPS) is 14.5. The Morgan fingerprint density at radius 2 is 0.765 bits per heavy atom. The third kappa shape index (κ3) is 64.2. The van der Waals surface area contributed by atoms with Crippen LogP contribution >= 0.6 is 7.82 Å². The van der Waals surface area contributed by atoms with Gasteiger partial charge >= 0.3 is 13.8 Å². The summed E-state index contributed by atoms with van der Waals surface area (Å²) in [6, 6.07) is -0.892. The molecule has 0 aromatic rings. The van der Waals surface area contributed by atoms with Gasteiger partial charge in [-0.25, -0.2) is 4.57 Å². The minimum Gasteiger partial charge on any atom is -0.456 e. The van der Waals surface area contributed by atoms with E-state index in [-0.39, 0.29) is 25.5 Å². The van der Waals surface area contributed by atoms with E-state index in [0.717, 1.165) is 122 Å². The molecular formula is C75H128N2O7P+. The lowest BCUT2D eigenvalue weighted by Gasteiger charge is -2.27. The van der Waals surface area contributed by atoms with Gasteiger partial charge in [-0.3, -0.25) is 18.6 Å². The zero-order valence-electron chi connectivity index (χ0n) is 55.3. The number of carbonyl (C=O) groups is 2. The van der Waals surface area contributed by atoms with E-state index in [9.17, 15) is 19.0 Å². The lowest BCUT2D eigenvalue weighted by Crippen LogP contribution is -2.47. The van der Waals surface area contributed by atoms with Gasteiger partial charge < -0.3 is 19.4 Å². The highest BCUT2D eigenvalue weighted by atomic mass is 31.2. The van der Waals surface area contributed by atoms with Crippen LogP contribution in [-0.4, -0.2) is 74.3 Å². The molecule has 3 atom stereocenters. The van der Waals surface area contributed by atoms with Gasteiger partial charge in [-0.2, -0.15) is 0 Å². The molecular weight excluding hydrogens is 1070 g/mol. The van der Waals surface area contributed by atoms with Gasteiger partial charge in [0, 0.05) is 12.8 Å². The Bertz CT molecular complexity index is 1960. The van der Waals surface area contributed by atoms with Crippen LogP contribution in [0.2, 0.25) is 0 Å². The summed E-state index contributed by atoms with van der Waals surface area (Å²) < 4.78 is 30.7. The summed E-state index contributed by atoms with van der Waals surface area (Å²) in [6.45, 7) is 6.73. The summed E-state index contributed by atoms with van der Waals surface area (Å²) in [4.78, 5) is 37.8. The van der Waals surface area contributed by atoms with Gasteiger partial charge in [0.2, 0.25) is 5.91 Å². The second-order valence-electron chi connectivity index (χ2n) is 23.6. The van der Waals surface area contributed by atoms with Crippen LogP contribution in [0.15, 0.2) is 146 Å². The number of hydrogen-bond acceptors (Lipinski definition) is 6. The summed E-state index contributed by atoms with van der Waals surface area (Å²) in [5, 5.41) is 3.04. The molecule has 0 rings (SSSR count). The number of allylic oxidation sites excluding steroid dienone is 23. The molecule has 0 aromatic carbocycles. The Morgan fingerprint density at radius 3 is 1.15 bits per heavy atom. The maximum absolute atomic E-state index is 13.6. The van der Waals surface area contributed by atoms with Crippen LogP contribution in [0.4, 0.5) is 0 Å². The van der Waals surface area contributed by atoms with E-state index >= 15 is 0 Å². The fourth-order valence-corrected chi connectivity index (χ4v) is 9.85. The van der Waals surface area contributed by atoms with Crippen molar-refractivity contribution in [2.24, 2.45) is 0 Å². The molecule has 9 nitrogen and oxygen atoms in total. The zero-order valence-corrected chi connectivity index (χ0v) is 56.2. The van der Waals surface area contributed by atoms with Crippen LogP contribution in [0, 0.1) is 0 Å². The van der Waals surface area contributed by atoms with Crippen LogP contribution in [0.3, 0.4) is 0 Å². The van der Waals surface area contributed by atoms with E-state index in [1.165, 1.54) is 103 Å². The first kappa shape index (κ1) is 80.9. The van der Waals surface area contributed by atoms with Crippen molar-refractivity contribution in [1.82, 2.24) is 5.32 Å². The predicted octanol–water partition coefficient (Wildman–Crippen LogP) is 21.8. The van der Waals surface area contributed by atoms with Crippen molar-refractivity contribution in [3.05, 3.63) is 146 Å². The quantitative estimate of drug-likeness (QED) is 0.0205. The Labute approximate surface area is 523 Å². The molecule has 0 fully saturated rings. The average Bonchev–Trinajstić information content (AvgIpc) is 3.50. The monoisotopic (exact) mass is 1200 g/mol. The highest BCUT2D eigenvalue weighted by molar-refractivity contribution is 7.47. The molecule has 0 aliphatic carbocycles. The summed E-state index contributed by atoms with van der Waals surface area (Å²) in [7, 11) is 1.44. The van der Waals surface area contributed by atoms with Crippen molar-refractivity contribution >= 4 is 19.7 Å². The van der Waals surface area contributed by atoms with Crippen molar-refractivity contribution in [2.45, 2.75) is 277 Å². The lowest BCUT2D eigenvalue weighted by molar-refractivity contribution is -0.870. The number of quaternary nitrogens is 1. The zero-order chi connectivity index (χ0) is 62.1. The first-order chi connectivity index (χ1) is 41.4. The van der Waals surface area contributed by atoms with E-state index in [0.29, 0.717) is 23.9 Å². The molecule has 0 spiro atoms. The SMILES string of the molecule is CC/C=C\C/C=C\C/C=C\C/C=C\C/C=C\C/C=C\CCC(=O)OC(/C=C\CCCCCCCCCCCCC)C(COP(=O)(O)OCC[N+](C)(C)C)NC(=O)CCCCCCCCCCCCC/C=C\C/C=C\C/C=C\C/C=C\C/C=C\CC. The number of phosphoric acid groups is 1. The number of phosphoric ester groups is 1. The molecule has 0 saturated carbocycles. The first-order valence-electron chi connectivity index (χ1n) is 34.2. The van der Waals surface area contributed by atoms with Crippen molar-refractivity contribution in [1.29, 1.82) is 0 Å². The number of rotatable bonds is 60. The molecule has 0 saturated heterocycles. The van der Waals surface area contributed by atoms with Gasteiger partial charge in [-0.05, 0) is 115 Å². The average molecular weight is 1200 g/mol. The molecule has 85 heavy (non-hydrogen) atoms. The Balaban J connectivity index is 5.23. The third-order valence-electron chi connectivity index (χ3n) is 14.3. The minimum atomic E-state index is -4.48. The van der Waals surface area contributed by atoms with E-state index in [4.69, 9.17) is 13.8 Å². The molecule has 2 N–H and O–H groups in total. The van der Waals surface area contributed by atoms with Gasteiger partial charge in [-0.15, -0.1) is 0 Å². The first-order valence-corrected chi connectivity index (χ1v) is 35.7. The molecule has 0 radical (unpaired) electrons. The Hall–Kier alpha value is -4.11. The van der Waals surface area contributed by atoms with Crippen LogP contribution in [-0.2, 0) is 27.9 Å². The fraction of sp³-hybridized carbons (Fsp3) is 0.653. The van der Waals surface area contributed by atoms with Gasteiger partial charge in [0.05, 0.1) is 33.8 Å². The fourth-order valence-electron chi connectivity index (χ4n) is 9.11. The molecule has 484 valence electrons. The van der Waals surface area contributed by atoms with Gasteiger partial charge in [0.15, 0.2) is 0 Å². The second kappa shape index (κ2) is 62.9. The van der Waals surface area contributed by atoms with E-state index in [1.807, 2.05) is 39.4 Å². The van der Waals surface area contributed by atoms with Crippen molar-refractivity contribution in [3.8, 4) is 0 Å². The topological polar surface area (TPSA) is 111 Å². The standard InChI is InChI=1S/C75H127N2O7P/c1-7-10-13-16-19-22-25-28-30-32-34-35-36-37-38-39-40-41-43-44-46-49-52-55-58-61-64-67-74(78)76-72(71-83-85(80,81)82-70-69-77(4,5)6)73(66-63-60-57-54-51-48-27-24-21-18-15-12-9-3)84-75(79)68-65-62-59-56-53-50-47-45-42-33-31-29-26-23-20-17-14-11-8-2/h10-11,13-14,19-20,22-23,28-31,34-35,37-38,42,45,50,53,59,62-63,66,72-73H,7-9,12,15-18,21,24-27,32-33,36,39-41,43-44,46-49,51-52,54-58,60-61,64-65,67-71H2,1-6H3,(H-,76,78,80,81)/p+1/b13-10-,14-11-,22-19-,23-20-,30-28-,31-29-,35-34-,38-37-,45-42-,53-50-,62-59-,66-63-. The molecule has 10 heteroatoms. The Morgan fingerprint density at radius 1 is 0.424 bits per heavy atom. The van der Waals surface area contributed by atoms with Crippen LogP contribution < -0.4 is 5.32 Å². The highest BCUT2D eigenvalue weighted by Gasteiger charge is 2.30. The van der Waals surface area contributed by atoms with Gasteiger partial charge in [0.1, 0.15) is 19.3 Å². The summed E-state index contributed by atoms with van der Waals surface area (Å²) in [5.74, 6) is -0.613. The van der Waals surface area contributed by atoms with Crippen LogP contribution in [0.5, 0.6) is 0 Å². The van der Waals surface area contributed by atoms with Crippen LogP contribution in [0.25, 0.3) is 0 Å². The molecule has 3 unspecified atom stereocenters. The number of hydrogen-bond donors (Lipinski definition) is 2. The van der Waals surface area contributed by atoms with Gasteiger partial charge in [-0.1, -0.05) is 283 Å². The number of nitrogens with one attached hydrogen (secondary N) is 1.